The minimum absolute atomic E-state index is 0.0461. The van der Waals surface area contributed by atoms with Crippen LogP contribution < -0.4 is 10.9 Å². The van der Waals surface area contributed by atoms with E-state index in [1.165, 1.54) is 33.2 Å². The highest BCUT2D eigenvalue weighted by atomic mass is 32.2. The van der Waals surface area contributed by atoms with Gasteiger partial charge in [-0.05, 0) is 36.8 Å². The Kier molecular flexibility index (Phi) is 6.11. The van der Waals surface area contributed by atoms with Gasteiger partial charge >= 0.3 is 0 Å². The van der Waals surface area contributed by atoms with Crippen LogP contribution in [-0.2, 0) is 18.3 Å². The average Bonchev–Trinajstić information content (AvgIpc) is 3.11. The molecule has 0 aliphatic rings. The van der Waals surface area contributed by atoms with Crippen molar-refractivity contribution in [2.75, 3.05) is 5.75 Å². The number of thioether (sulfide) groups is 1. The van der Waals surface area contributed by atoms with Gasteiger partial charge in [0, 0.05) is 13.1 Å². The number of nitrogens with zero attached hydrogens (tertiary/aromatic N) is 2. The molecule has 0 aliphatic carbocycles. The molecule has 0 saturated carbocycles. The number of nitrogens with one attached hydrogen (secondary N) is 1. The summed E-state index contributed by atoms with van der Waals surface area (Å²) < 4.78 is 2.16. The van der Waals surface area contributed by atoms with Gasteiger partial charge in [-0.15, -0.1) is 11.3 Å². The molecule has 7 heteroatoms. The number of thiophene rings is 1. The highest BCUT2D eigenvalue weighted by Gasteiger charge is 2.13. The molecular formula is C19H21N3O2S2. The van der Waals surface area contributed by atoms with E-state index in [1.54, 1.807) is 7.05 Å². The zero-order chi connectivity index (χ0) is 18.5. The summed E-state index contributed by atoms with van der Waals surface area (Å²) in [7, 11) is 1.69. The van der Waals surface area contributed by atoms with E-state index in [0.29, 0.717) is 15.4 Å². The maximum absolute atomic E-state index is 12.3. The first-order chi connectivity index (χ1) is 12.5. The zero-order valence-electron chi connectivity index (χ0n) is 14.8. The van der Waals surface area contributed by atoms with E-state index < -0.39 is 0 Å². The van der Waals surface area contributed by atoms with Crippen molar-refractivity contribution < 1.29 is 4.79 Å². The van der Waals surface area contributed by atoms with Gasteiger partial charge in [0.2, 0.25) is 5.91 Å². The monoisotopic (exact) mass is 387 g/mol. The Morgan fingerprint density at radius 3 is 2.85 bits per heavy atom. The van der Waals surface area contributed by atoms with Crippen LogP contribution in [0.4, 0.5) is 0 Å². The summed E-state index contributed by atoms with van der Waals surface area (Å²) in [5.41, 5.74) is 1.90. The molecule has 0 aliphatic heterocycles. The first-order valence-corrected chi connectivity index (χ1v) is 10.3. The quantitative estimate of drug-likeness (QED) is 0.499. The molecule has 0 fully saturated rings. The molecule has 0 spiro atoms. The molecular weight excluding hydrogens is 366 g/mol. The summed E-state index contributed by atoms with van der Waals surface area (Å²) >= 11 is 2.68. The van der Waals surface area contributed by atoms with Gasteiger partial charge in [0.05, 0.1) is 11.3 Å². The van der Waals surface area contributed by atoms with Gasteiger partial charge in [-0.25, -0.2) is 4.98 Å². The number of carbonyl (C=O) groups excluding carboxylic acids is 1. The largest absolute Gasteiger partial charge is 0.353 e. The third-order valence-electron chi connectivity index (χ3n) is 4.09. The van der Waals surface area contributed by atoms with Gasteiger partial charge in [-0.1, -0.05) is 42.1 Å². The summed E-state index contributed by atoms with van der Waals surface area (Å²) in [6.07, 6.45) is 1.82. The molecule has 0 bridgehead atoms. The second kappa shape index (κ2) is 8.51. The Morgan fingerprint density at radius 2 is 2.08 bits per heavy atom. The van der Waals surface area contributed by atoms with Gasteiger partial charge in [0.1, 0.15) is 4.70 Å². The van der Waals surface area contributed by atoms with Gasteiger partial charge in [-0.3, -0.25) is 14.2 Å². The molecule has 1 atom stereocenters. The molecule has 3 aromatic rings. The van der Waals surface area contributed by atoms with E-state index in [-0.39, 0.29) is 23.3 Å². The summed E-state index contributed by atoms with van der Waals surface area (Å²) in [5.74, 6) is 0.196. The average molecular weight is 388 g/mol. The molecule has 3 rings (SSSR count). The number of hydrogen-bond acceptors (Lipinski definition) is 5. The molecule has 1 N–H and O–H groups in total. The second-order valence-corrected chi connectivity index (χ2v) is 8.03. The first-order valence-electron chi connectivity index (χ1n) is 8.45. The fourth-order valence-corrected chi connectivity index (χ4v) is 4.23. The minimum atomic E-state index is -0.0656. The number of aromatic nitrogens is 2. The maximum atomic E-state index is 12.3. The predicted molar refractivity (Wildman–Crippen MR) is 108 cm³/mol. The van der Waals surface area contributed by atoms with Gasteiger partial charge < -0.3 is 5.32 Å². The van der Waals surface area contributed by atoms with Crippen LogP contribution in [-0.4, -0.2) is 27.3 Å². The van der Waals surface area contributed by atoms with Crippen LogP contribution in [0.1, 0.15) is 18.9 Å². The number of rotatable bonds is 7. The molecule has 1 aromatic carbocycles. The predicted octanol–water partition coefficient (Wildman–Crippen LogP) is 3.22. The van der Waals surface area contributed by atoms with Crippen molar-refractivity contribution in [1.82, 2.24) is 14.9 Å². The molecule has 26 heavy (non-hydrogen) atoms. The smallest absolute Gasteiger partial charge is 0.271 e. The van der Waals surface area contributed by atoms with Crippen LogP contribution >= 0.6 is 23.1 Å². The molecule has 5 nitrogen and oxygen atoms in total. The van der Waals surface area contributed by atoms with Crippen LogP contribution in [0.5, 0.6) is 0 Å². The van der Waals surface area contributed by atoms with E-state index in [0.717, 1.165) is 12.8 Å². The van der Waals surface area contributed by atoms with Gasteiger partial charge in [0.25, 0.3) is 5.56 Å². The normalized spacial score (nSPS) is 12.2. The number of benzene rings is 1. The fraction of sp³-hybridized carbons (Fsp3) is 0.316. The Hall–Kier alpha value is -2.12. The highest BCUT2D eigenvalue weighted by Crippen LogP contribution is 2.20. The lowest BCUT2D eigenvalue weighted by atomic mass is 10.1. The molecule has 0 unspecified atom stereocenters. The number of carbonyl (C=O) groups is 1. The standard InChI is InChI=1S/C19H21N3O2S2/c1-13(8-9-14-6-4-3-5-7-14)20-16(23)12-26-19-21-15-10-11-25-17(15)18(24)22(19)2/h3-7,10-11,13H,8-9,12H2,1-2H3,(H,20,23)/t13-/m0/s1. The van der Waals surface area contributed by atoms with Crippen LogP contribution in [0, 0.1) is 0 Å². The zero-order valence-corrected chi connectivity index (χ0v) is 16.4. The Morgan fingerprint density at radius 1 is 1.31 bits per heavy atom. The highest BCUT2D eigenvalue weighted by molar-refractivity contribution is 7.99. The lowest BCUT2D eigenvalue weighted by molar-refractivity contribution is -0.119. The lowest BCUT2D eigenvalue weighted by Crippen LogP contribution is -2.34. The number of amides is 1. The Bertz CT molecular complexity index is 950. The lowest BCUT2D eigenvalue weighted by Gasteiger charge is -2.14. The van der Waals surface area contributed by atoms with E-state index in [2.05, 4.69) is 22.4 Å². The molecule has 2 heterocycles. The first kappa shape index (κ1) is 18.7. The topological polar surface area (TPSA) is 64.0 Å². The molecule has 2 aromatic heterocycles. The second-order valence-electron chi connectivity index (χ2n) is 6.18. The van der Waals surface area contributed by atoms with Crippen LogP contribution in [0.3, 0.4) is 0 Å². The van der Waals surface area contributed by atoms with E-state index in [1.807, 2.05) is 36.6 Å². The SMILES string of the molecule is C[C@@H](CCc1ccccc1)NC(=O)CSc1nc2ccsc2c(=O)n1C. The van der Waals surface area contributed by atoms with Crippen LogP contribution in [0.15, 0.2) is 51.7 Å². The van der Waals surface area contributed by atoms with Crippen molar-refractivity contribution in [3.63, 3.8) is 0 Å². The molecule has 1 amide bonds. The van der Waals surface area contributed by atoms with Crippen molar-refractivity contribution in [3.05, 3.63) is 57.7 Å². The molecule has 0 radical (unpaired) electrons. The summed E-state index contributed by atoms with van der Waals surface area (Å²) in [6, 6.07) is 12.2. The van der Waals surface area contributed by atoms with Crippen molar-refractivity contribution in [1.29, 1.82) is 0 Å². The molecule has 0 saturated heterocycles. The fourth-order valence-electron chi connectivity index (χ4n) is 2.64. The van der Waals surface area contributed by atoms with E-state index in [9.17, 15) is 9.59 Å². The Balaban J connectivity index is 1.52. The number of aryl methyl sites for hydroxylation is 1. The third kappa shape index (κ3) is 4.53. The third-order valence-corrected chi connectivity index (χ3v) is 6.02. The van der Waals surface area contributed by atoms with Crippen molar-refractivity contribution >= 4 is 39.2 Å². The van der Waals surface area contributed by atoms with E-state index in [4.69, 9.17) is 0 Å². The van der Waals surface area contributed by atoms with Crippen molar-refractivity contribution in [2.45, 2.75) is 31.0 Å². The number of fused-ring (bicyclic) bond motifs is 1. The number of hydrogen-bond donors (Lipinski definition) is 1. The van der Waals surface area contributed by atoms with Crippen molar-refractivity contribution in [3.8, 4) is 0 Å². The maximum Gasteiger partial charge on any atom is 0.271 e. The van der Waals surface area contributed by atoms with Crippen molar-refractivity contribution in [2.24, 2.45) is 7.05 Å². The summed E-state index contributed by atoms with van der Waals surface area (Å²) in [4.78, 5) is 29.0. The van der Waals surface area contributed by atoms with Crippen LogP contribution in [0.25, 0.3) is 10.2 Å². The Labute approximate surface area is 160 Å². The van der Waals surface area contributed by atoms with Gasteiger partial charge in [-0.2, -0.15) is 0 Å². The van der Waals surface area contributed by atoms with Crippen LogP contribution in [0.2, 0.25) is 0 Å². The molecule has 136 valence electrons. The summed E-state index contributed by atoms with van der Waals surface area (Å²) in [6.45, 7) is 2.01. The van der Waals surface area contributed by atoms with E-state index >= 15 is 0 Å². The summed E-state index contributed by atoms with van der Waals surface area (Å²) in [5, 5.41) is 5.43. The van der Waals surface area contributed by atoms with Gasteiger partial charge in [0.15, 0.2) is 5.16 Å². The minimum Gasteiger partial charge on any atom is -0.353 e.